The second-order valence-corrected chi connectivity index (χ2v) is 11.7. The van der Waals surface area contributed by atoms with E-state index < -0.39 is 21.8 Å². The molecule has 1 atom stereocenters. The smallest absolute Gasteiger partial charge is 0.262 e. The molecule has 3 aromatic rings. The van der Waals surface area contributed by atoms with Gasteiger partial charge in [-0.3, -0.25) is 4.79 Å². The zero-order chi connectivity index (χ0) is 24.8. The molecular formula is C26H26N4O3S2. The lowest BCUT2D eigenvalue weighted by atomic mass is 10.1. The van der Waals surface area contributed by atoms with Crippen molar-refractivity contribution in [2.24, 2.45) is 0 Å². The molecule has 1 aromatic heterocycles. The van der Waals surface area contributed by atoms with Gasteiger partial charge < -0.3 is 5.32 Å². The molecule has 2 heterocycles. The van der Waals surface area contributed by atoms with E-state index in [2.05, 4.69) is 12.2 Å². The Hall–Kier alpha value is -3.35. The fourth-order valence-electron chi connectivity index (χ4n) is 3.84. The second-order valence-electron chi connectivity index (χ2n) is 8.33. The molecule has 0 aliphatic carbocycles. The van der Waals surface area contributed by atoms with E-state index in [9.17, 15) is 18.5 Å². The number of hydrogen-bond donors (Lipinski definition) is 1. The Labute approximate surface area is 209 Å². The highest BCUT2D eigenvalue weighted by Gasteiger charge is 2.29. The topological polar surface area (TPSA) is 105 Å². The Morgan fingerprint density at radius 1 is 1.23 bits per heavy atom. The molecule has 35 heavy (non-hydrogen) atoms. The van der Waals surface area contributed by atoms with E-state index in [0.29, 0.717) is 17.7 Å². The van der Waals surface area contributed by atoms with Crippen molar-refractivity contribution in [3.05, 3.63) is 71.9 Å². The van der Waals surface area contributed by atoms with Crippen LogP contribution in [0, 0.1) is 11.3 Å². The van der Waals surface area contributed by atoms with Crippen LogP contribution >= 0.6 is 11.8 Å². The van der Waals surface area contributed by atoms with Crippen LogP contribution in [0.4, 0.5) is 0 Å². The SMILES string of the molecule is CCCSc1ccc(-c2nn(-c3ccccc3)cc2/C=C(\C#N)C(=O)NC2CCS(=O)(=O)C2)cc1. The van der Waals surface area contributed by atoms with Gasteiger partial charge in [0.05, 0.1) is 22.9 Å². The maximum Gasteiger partial charge on any atom is 0.262 e. The average Bonchev–Trinajstić information content (AvgIpc) is 3.44. The number of amides is 1. The third-order valence-corrected chi connectivity index (χ3v) is 8.58. The largest absolute Gasteiger partial charge is 0.348 e. The van der Waals surface area contributed by atoms with Crippen LogP contribution < -0.4 is 5.32 Å². The molecule has 9 heteroatoms. The molecule has 1 saturated heterocycles. The van der Waals surface area contributed by atoms with Crippen LogP contribution in [0.1, 0.15) is 25.3 Å². The molecule has 1 aliphatic rings. The van der Waals surface area contributed by atoms with Crippen molar-refractivity contribution in [1.29, 1.82) is 5.26 Å². The molecule has 2 aromatic carbocycles. The first kappa shape index (κ1) is 24.8. The van der Waals surface area contributed by atoms with Gasteiger partial charge in [0.25, 0.3) is 5.91 Å². The molecule has 4 rings (SSSR count). The molecular weight excluding hydrogens is 480 g/mol. The molecule has 7 nitrogen and oxygen atoms in total. The van der Waals surface area contributed by atoms with Gasteiger partial charge in [-0.15, -0.1) is 11.8 Å². The summed E-state index contributed by atoms with van der Waals surface area (Å²) in [6.45, 7) is 2.14. The van der Waals surface area contributed by atoms with Crippen LogP contribution in [-0.2, 0) is 14.6 Å². The molecule has 0 bridgehead atoms. The summed E-state index contributed by atoms with van der Waals surface area (Å²) < 4.78 is 25.2. The van der Waals surface area contributed by atoms with E-state index in [4.69, 9.17) is 5.10 Å². The molecule has 1 fully saturated rings. The van der Waals surface area contributed by atoms with E-state index >= 15 is 0 Å². The van der Waals surface area contributed by atoms with Crippen molar-refractivity contribution in [3.63, 3.8) is 0 Å². The Kier molecular flexibility index (Phi) is 7.73. The zero-order valence-electron chi connectivity index (χ0n) is 19.3. The van der Waals surface area contributed by atoms with Gasteiger partial charge in [-0.2, -0.15) is 10.4 Å². The van der Waals surface area contributed by atoms with Gasteiger partial charge in [-0.25, -0.2) is 13.1 Å². The Bertz CT molecular complexity index is 1370. The molecule has 0 radical (unpaired) electrons. The number of nitriles is 1. The summed E-state index contributed by atoms with van der Waals surface area (Å²) in [7, 11) is -3.14. The van der Waals surface area contributed by atoms with Crippen LogP contribution in [-0.4, -0.2) is 47.4 Å². The first-order valence-corrected chi connectivity index (χ1v) is 14.2. The van der Waals surface area contributed by atoms with Crippen molar-refractivity contribution >= 4 is 33.6 Å². The van der Waals surface area contributed by atoms with Crippen LogP contribution in [0.5, 0.6) is 0 Å². The molecule has 180 valence electrons. The molecule has 0 spiro atoms. The maximum absolute atomic E-state index is 12.8. The molecule has 1 unspecified atom stereocenters. The second kappa shape index (κ2) is 10.9. The fourth-order valence-corrected chi connectivity index (χ4v) is 6.28. The van der Waals surface area contributed by atoms with Crippen molar-refractivity contribution in [2.45, 2.75) is 30.7 Å². The minimum Gasteiger partial charge on any atom is -0.348 e. The Morgan fingerprint density at radius 3 is 2.60 bits per heavy atom. The Balaban J connectivity index is 1.68. The third kappa shape index (κ3) is 6.21. The molecule has 0 saturated carbocycles. The lowest BCUT2D eigenvalue weighted by Gasteiger charge is -2.10. The molecule has 1 amide bonds. The monoisotopic (exact) mass is 506 g/mol. The van der Waals surface area contributed by atoms with Crippen LogP contribution in [0.3, 0.4) is 0 Å². The van der Waals surface area contributed by atoms with E-state index in [0.717, 1.165) is 23.4 Å². The minimum absolute atomic E-state index is 0.0457. The third-order valence-electron chi connectivity index (χ3n) is 5.60. The maximum atomic E-state index is 12.8. The lowest BCUT2D eigenvalue weighted by Crippen LogP contribution is -2.36. The van der Waals surface area contributed by atoms with Gasteiger partial charge >= 0.3 is 0 Å². The van der Waals surface area contributed by atoms with Crippen molar-refractivity contribution < 1.29 is 13.2 Å². The van der Waals surface area contributed by atoms with Crippen LogP contribution in [0.15, 0.2) is 71.3 Å². The first-order valence-electron chi connectivity index (χ1n) is 11.4. The van der Waals surface area contributed by atoms with Crippen molar-refractivity contribution in [3.8, 4) is 23.0 Å². The number of sulfone groups is 1. The normalized spacial score (nSPS) is 17.1. The average molecular weight is 507 g/mol. The number of aromatic nitrogens is 2. The quantitative estimate of drug-likeness (QED) is 0.278. The fraction of sp³-hybridized carbons (Fsp3) is 0.269. The van der Waals surface area contributed by atoms with Crippen LogP contribution in [0.2, 0.25) is 0 Å². The first-order chi connectivity index (χ1) is 16.9. The molecule has 1 N–H and O–H groups in total. The van der Waals surface area contributed by atoms with E-state index in [1.165, 1.54) is 11.0 Å². The van der Waals surface area contributed by atoms with Gasteiger partial charge in [-0.1, -0.05) is 37.3 Å². The van der Waals surface area contributed by atoms with E-state index in [-0.39, 0.29) is 17.1 Å². The summed E-state index contributed by atoms with van der Waals surface area (Å²) in [6, 6.07) is 19.1. The van der Waals surface area contributed by atoms with E-state index in [1.54, 1.807) is 22.6 Å². The zero-order valence-corrected chi connectivity index (χ0v) is 21.0. The summed E-state index contributed by atoms with van der Waals surface area (Å²) in [4.78, 5) is 14.0. The summed E-state index contributed by atoms with van der Waals surface area (Å²) >= 11 is 1.79. The predicted octanol–water partition coefficient (Wildman–Crippen LogP) is 4.25. The number of nitrogens with one attached hydrogen (secondary N) is 1. The Morgan fingerprint density at radius 2 is 1.97 bits per heavy atom. The molecule has 1 aliphatic heterocycles. The number of rotatable bonds is 8. The van der Waals surface area contributed by atoms with E-state index in [1.807, 2.05) is 60.7 Å². The summed E-state index contributed by atoms with van der Waals surface area (Å²) in [6.07, 6.45) is 4.75. The highest BCUT2D eigenvalue weighted by Crippen LogP contribution is 2.28. The standard InChI is InChI=1S/C26H26N4O3S2/c1-2-13-34-24-10-8-19(9-11-24)25-21(17-30(29-25)23-6-4-3-5-7-23)15-20(16-27)26(31)28-22-12-14-35(32,33)18-22/h3-11,15,17,22H,2,12-14,18H2,1H3,(H,28,31)/b20-15+. The number of carbonyl (C=O) groups is 1. The van der Waals surface area contributed by atoms with Gasteiger partial charge in [0.2, 0.25) is 0 Å². The minimum atomic E-state index is -3.14. The number of thioether (sulfide) groups is 1. The van der Waals surface area contributed by atoms with Crippen molar-refractivity contribution in [1.82, 2.24) is 15.1 Å². The van der Waals surface area contributed by atoms with Crippen molar-refractivity contribution in [2.75, 3.05) is 17.3 Å². The van der Waals surface area contributed by atoms with Gasteiger partial charge in [0, 0.05) is 28.3 Å². The predicted molar refractivity (Wildman–Crippen MR) is 139 cm³/mol. The lowest BCUT2D eigenvalue weighted by molar-refractivity contribution is -0.117. The number of hydrogen-bond acceptors (Lipinski definition) is 6. The number of benzene rings is 2. The number of carbonyl (C=O) groups excluding carboxylic acids is 1. The highest BCUT2D eigenvalue weighted by atomic mass is 32.2. The van der Waals surface area contributed by atoms with Gasteiger partial charge in [0.15, 0.2) is 9.84 Å². The highest BCUT2D eigenvalue weighted by molar-refractivity contribution is 7.99. The summed E-state index contributed by atoms with van der Waals surface area (Å²) in [5.74, 6) is 0.402. The number of para-hydroxylation sites is 1. The summed E-state index contributed by atoms with van der Waals surface area (Å²) in [5, 5.41) is 17.2. The van der Waals surface area contributed by atoms with Gasteiger partial charge in [-0.05, 0) is 48.9 Å². The van der Waals surface area contributed by atoms with Crippen LogP contribution in [0.25, 0.3) is 23.0 Å². The van der Waals surface area contributed by atoms with Gasteiger partial charge in [0.1, 0.15) is 11.6 Å². The number of nitrogens with zero attached hydrogens (tertiary/aromatic N) is 3. The summed E-state index contributed by atoms with van der Waals surface area (Å²) in [5.41, 5.74) is 2.88.